The first kappa shape index (κ1) is 17.8. The number of carbonyl (C=O) groups excluding carboxylic acids is 1. The van der Waals surface area contributed by atoms with E-state index in [2.05, 4.69) is 10.6 Å². The lowest BCUT2D eigenvalue weighted by atomic mass is 10.1. The molecule has 0 aliphatic carbocycles. The molecule has 0 aliphatic heterocycles. The lowest BCUT2D eigenvalue weighted by Gasteiger charge is -2.11. The van der Waals surface area contributed by atoms with Crippen LogP contribution in [0.1, 0.15) is 22.8 Å². The van der Waals surface area contributed by atoms with Gasteiger partial charge >= 0.3 is 0 Å². The zero-order chi connectivity index (χ0) is 17.7. The number of hydrogen-bond acceptors (Lipinski definition) is 4. The van der Waals surface area contributed by atoms with Crippen LogP contribution in [0.5, 0.6) is 0 Å². The average molecular weight is 364 g/mol. The Kier molecular flexibility index (Phi) is 5.83. The predicted octanol–water partition coefficient (Wildman–Crippen LogP) is 3.94. The number of aryl methyl sites for hydroxylation is 1. The van der Waals surface area contributed by atoms with Crippen molar-refractivity contribution < 1.29 is 9.72 Å². The fourth-order valence-electron chi connectivity index (χ4n) is 1.94. The number of nitrogens with one attached hydrogen (secondary N) is 2. The Morgan fingerprint density at radius 1 is 1.25 bits per heavy atom. The lowest BCUT2D eigenvalue weighted by Crippen LogP contribution is -2.34. The Balaban J connectivity index is 2.06. The Morgan fingerprint density at radius 3 is 2.50 bits per heavy atom. The smallest absolute Gasteiger partial charge is 0.271 e. The minimum Gasteiger partial charge on any atom is -0.331 e. The normalized spacial score (nSPS) is 10.1. The predicted molar refractivity (Wildman–Crippen MR) is 97.6 cm³/mol. The summed E-state index contributed by atoms with van der Waals surface area (Å²) in [6.45, 7) is 2.02. The minimum absolute atomic E-state index is 0.00182. The largest absolute Gasteiger partial charge is 0.331 e. The van der Waals surface area contributed by atoms with Gasteiger partial charge in [-0.15, -0.1) is 0 Å². The molecule has 2 aromatic carbocycles. The summed E-state index contributed by atoms with van der Waals surface area (Å²) >= 11 is 11.0. The highest BCUT2D eigenvalue weighted by Crippen LogP contribution is 2.26. The van der Waals surface area contributed by atoms with Crippen molar-refractivity contribution in [1.29, 1.82) is 0 Å². The van der Waals surface area contributed by atoms with E-state index in [9.17, 15) is 14.9 Å². The second-order valence-corrected chi connectivity index (χ2v) is 5.70. The lowest BCUT2D eigenvalue weighted by molar-refractivity contribution is -0.384. The molecular formula is C16H14ClN3O3S. The van der Waals surface area contributed by atoms with Crippen LogP contribution in [0.4, 0.5) is 11.4 Å². The molecular weight excluding hydrogens is 350 g/mol. The molecule has 6 nitrogen and oxygen atoms in total. The van der Waals surface area contributed by atoms with Crippen molar-refractivity contribution in [1.82, 2.24) is 5.32 Å². The molecule has 0 radical (unpaired) electrons. The monoisotopic (exact) mass is 363 g/mol. The Morgan fingerprint density at radius 2 is 1.92 bits per heavy atom. The first-order valence-electron chi connectivity index (χ1n) is 7.06. The number of anilines is 1. The zero-order valence-corrected chi connectivity index (χ0v) is 14.3. The van der Waals surface area contributed by atoms with Gasteiger partial charge in [0.25, 0.3) is 11.6 Å². The van der Waals surface area contributed by atoms with Crippen LogP contribution in [0.25, 0.3) is 0 Å². The van der Waals surface area contributed by atoms with Crippen LogP contribution in [0.2, 0.25) is 5.02 Å². The van der Waals surface area contributed by atoms with Gasteiger partial charge in [-0.05, 0) is 42.4 Å². The molecule has 0 bridgehead atoms. The number of nitro benzene ring substituents is 1. The number of thiocarbonyl (C=S) groups is 1. The number of nitro groups is 1. The zero-order valence-electron chi connectivity index (χ0n) is 12.7. The van der Waals surface area contributed by atoms with Crippen molar-refractivity contribution >= 4 is 46.2 Å². The highest BCUT2D eigenvalue weighted by molar-refractivity contribution is 7.80. The average Bonchev–Trinajstić information content (AvgIpc) is 2.56. The third kappa shape index (κ3) is 4.50. The van der Waals surface area contributed by atoms with E-state index in [0.29, 0.717) is 5.56 Å². The molecule has 0 aliphatic rings. The van der Waals surface area contributed by atoms with E-state index in [1.54, 1.807) is 12.1 Å². The number of halogens is 1. The number of carbonyl (C=O) groups is 1. The van der Waals surface area contributed by atoms with Gasteiger partial charge in [0, 0.05) is 17.7 Å². The minimum atomic E-state index is -0.543. The van der Waals surface area contributed by atoms with Crippen LogP contribution < -0.4 is 10.6 Å². The van der Waals surface area contributed by atoms with E-state index < -0.39 is 4.92 Å². The molecule has 0 spiro atoms. The van der Waals surface area contributed by atoms with Gasteiger partial charge in [0.05, 0.1) is 15.6 Å². The fraction of sp³-hybridized carbons (Fsp3) is 0.125. The second kappa shape index (κ2) is 7.85. The molecule has 0 atom stereocenters. The maximum absolute atomic E-state index is 12.1. The summed E-state index contributed by atoms with van der Waals surface area (Å²) < 4.78 is 0. The number of hydrogen-bond donors (Lipinski definition) is 2. The Labute approximate surface area is 149 Å². The van der Waals surface area contributed by atoms with Crippen molar-refractivity contribution in [3.05, 3.63) is 68.7 Å². The van der Waals surface area contributed by atoms with Crippen LogP contribution in [0.3, 0.4) is 0 Å². The van der Waals surface area contributed by atoms with Gasteiger partial charge in [-0.1, -0.05) is 30.7 Å². The first-order chi connectivity index (χ1) is 11.4. The second-order valence-electron chi connectivity index (χ2n) is 4.88. The molecule has 24 heavy (non-hydrogen) atoms. The molecule has 0 aromatic heterocycles. The maximum atomic E-state index is 12.1. The van der Waals surface area contributed by atoms with Crippen LogP contribution in [0.15, 0.2) is 42.5 Å². The maximum Gasteiger partial charge on any atom is 0.271 e. The van der Waals surface area contributed by atoms with E-state index in [1.807, 2.05) is 19.1 Å². The van der Waals surface area contributed by atoms with Gasteiger partial charge < -0.3 is 5.32 Å². The van der Waals surface area contributed by atoms with Crippen molar-refractivity contribution in [3.63, 3.8) is 0 Å². The Hall–Kier alpha value is -2.51. The topological polar surface area (TPSA) is 84.3 Å². The van der Waals surface area contributed by atoms with E-state index >= 15 is 0 Å². The van der Waals surface area contributed by atoms with Gasteiger partial charge in [-0.25, -0.2) is 0 Å². The van der Waals surface area contributed by atoms with E-state index in [4.69, 9.17) is 23.8 Å². The molecule has 0 saturated heterocycles. The third-order valence-corrected chi connectivity index (χ3v) is 3.79. The van der Waals surface area contributed by atoms with Gasteiger partial charge in [0.1, 0.15) is 0 Å². The van der Waals surface area contributed by atoms with Gasteiger partial charge in [0.2, 0.25) is 0 Å². The number of nitrogens with zero attached hydrogens (tertiary/aromatic N) is 1. The summed E-state index contributed by atoms with van der Waals surface area (Å²) in [4.78, 5) is 22.4. The molecule has 2 rings (SSSR count). The van der Waals surface area contributed by atoms with Crippen LogP contribution in [0, 0.1) is 10.1 Å². The Bertz CT molecular complexity index is 794. The number of amides is 1. The summed E-state index contributed by atoms with van der Waals surface area (Å²) in [7, 11) is 0. The van der Waals surface area contributed by atoms with Gasteiger partial charge in [-0.2, -0.15) is 0 Å². The first-order valence-corrected chi connectivity index (χ1v) is 7.84. The molecule has 0 heterocycles. The number of benzene rings is 2. The highest BCUT2D eigenvalue weighted by Gasteiger charge is 2.12. The summed E-state index contributed by atoms with van der Waals surface area (Å²) in [5.74, 6) is -0.378. The van der Waals surface area contributed by atoms with Crippen LogP contribution in [-0.4, -0.2) is 15.9 Å². The molecule has 0 fully saturated rings. The SMILES string of the molecule is CCc1ccc(C(=O)NC(=S)Nc2cc([N+](=O)[O-])ccc2Cl)cc1. The third-order valence-electron chi connectivity index (χ3n) is 3.26. The number of non-ortho nitro benzene ring substituents is 1. The van der Waals surface area contributed by atoms with Crippen molar-refractivity contribution in [3.8, 4) is 0 Å². The summed E-state index contributed by atoms with van der Waals surface area (Å²) in [5.41, 5.74) is 1.70. The van der Waals surface area contributed by atoms with E-state index in [-0.39, 0.29) is 27.4 Å². The fourth-order valence-corrected chi connectivity index (χ4v) is 2.31. The standard InChI is InChI=1S/C16H14ClN3O3S/c1-2-10-3-5-11(6-4-10)15(21)19-16(24)18-14-9-12(20(22)23)7-8-13(14)17/h3-9H,2H2,1H3,(H2,18,19,21,24). The molecule has 124 valence electrons. The van der Waals surface area contributed by atoms with Crippen molar-refractivity contribution in [2.75, 3.05) is 5.32 Å². The summed E-state index contributed by atoms with van der Waals surface area (Å²) in [6.07, 6.45) is 0.882. The summed E-state index contributed by atoms with van der Waals surface area (Å²) in [5, 5.41) is 16.3. The van der Waals surface area contributed by atoms with Gasteiger partial charge in [0.15, 0.2) is 5.11 Å². The summed E-state index contributed by atoms with van der Waals surface area (Å²) in [6, 6.07) is 11.1. The molecule has 8 heteroatoms. The number of rotatable bonds is 4. The van der Waals surface area contributed by atoms with Gasteiger partial charge in [-0.3, -0.25) is 20.2 Å². The highest BCUT2D eigenvalue weighted by atomic mass is 35.5. The molecule has 1 amide bonds. The van der Waals surface area contributed by atoms with Crippen molar-refractivity contribution in [2.45, 2.75) is 13.3 Å². The quantitative estimate of drug-likeness (QED) is 0.488. The van der Waals surface area contributed by atoms with Crippen molar-refractivity contribution in [2.24, 2.45) is 0 Å². The van der Waals surface area contributed by atoms with E-state index in [0.717, 1.165) is 12.0 Å². The van der Waals surface area contributed by atoms with Crippen LogP contribution in [-0.2, 0) is 6.42 Å². The molecule has 0 unspecified atom stereocenters. The molecule has 0 saturated carbocycles. The molecule has 2 N–H and O–H groups in total. The molecule has 2 aromatic rings. The van der Waals surface area contributed by atoms with E-state index in [1.165, 1.54) is 18.2 Å². The van der Waals surface area contributed by atoms with Crippen LogP contribution >= 0.6 is 23.8 Å².